The molecular weight excluding hydrogens is 481 g/mol. The molecule has 0 fully saturated rings. The van der Waals surface area contributed by atoms with Gasteiger partial charge in [0, 0.05) is 18.7 Å². The fourth-order valence-corrected chi connectivity index (χ4v) is 2.91. The van der Waals surface area contributed by atoms with Gasteiger partial charge in [-0.05, 0) is 46.0 Å². The van der Waals surface area contributed by atoms with Crippen molar-refractivity contribution in [2.75, 3.05) is 13.1 Å². The quantitative estimate of drug-likeness (QED) is 0.270. The minimum absolute atomic E-state index is 0.0429. The average molecular weight is 496 g/mol. The summed E-state index contributed by atoms with van der Waals surface area (Å²) in [5.74, 6) is -2.24. The van der Waals surface area contributed by atoms with Crippen LogP contribution in [0.25, 0.3) is 0 Å². The van der Waals surface area contributed by atoms with E-state index in [9.17, 15) is 24.1 Å². The van der Waals surface area contributed by atoms with Crippen LogP contribution in [-0.4, -0.2) is 49.7 Å². The molecule has 2 N–H and O–H groups in total. The van der Waals surface area contributed by atoms with E-state index >= 15 is 0 Å². The maximum absolute atomic E-state index is 13.1. The normalized spacial score (nSPS) is 10.7. The van der Waals surface area contributed by atoms with Crippen LogP contribution >= 0.6 is 15.9 Å². The predicted molar refractivity (Wildman–Crippen MR) is 106 cm³/mol. The summed E-state index contributed by atoms with van der Waals surface area (Å²) < 4.78 is 19.6. The highest BCUT2D eigenvalue weighted by Gasteiger charge is 2.25. The molecule has 0 saturated carbocycles. The molecule has 0 saturated heterocycles. The Labute approximate surface area is 182 Å². The van der Waals surface area contributed by atoms with E-state index in [-0.39, 0.29) is 47.2 Å². The lowest BCUT2D eigenvalue weighted by Crippen LogP contribution is -2.34. The molecule has 0 atom stereocenters. The van der Waals surface area contributed by atoms with E-state index in [0.29, 0.717) is 5.69 Å². The summed E-state index contributed by atoms with van der Waals surface area (Å²) in [7, 11) is 0. The van der Waals surface area contributed by atoms with Crippen molar-refractivity contribution in [3.05, 3.63) is 67.6 Å². The van der Waals surface area contributed by atoms with E-state index in [1.807, 2.05) is 0 Å². The molecule has 0 aliphatic rings. The highest BCUT2D eigenvalue weighted by atomic mass is 79.9. The number of benzene rings is 1. The maximum atomic E-state index is 13.1. The summed E-state index contributed by atoms with van der Waals surface area (Å²) in [5, 5.41) is 23.5. The Hall–Kier alpha value is -3.68. The SMILES string of the molecule is Cc1c(Br)c([N+](=O)[O-])nn1Cc1noc(C(=O)NCCNC(=O)c2cccc(F)c2)n1. The molecule has 0 bridgehead atoms. The fourth-order valence-electron chi connectivity index (χ4n) is 2.48. The first kappa shape index (κ1) is 22.0. The van der Waals surface area contributed by atoms with Gasteiger partial charge >= 0.3 is 17.6 Å². The summed E-state index contributed by atoms with van der Waals surface area (Å²) in [5.41, 5.74) is 0.644. The molecular formula is C17H15BrFN7O5. The Kier molecular flexibility index (Phi) is 6.69. The number of hydrogen-bond donors (Lipinski definition) is 2. The van der Waals surface area contributed by atoms with Crippen molar-refractivity contribution in [3.8, 4) is 0 Å². The average Bonchev–Trinajstić information content (AvgIpc) is 3.31. The summed E-state index contributed by atoms with van der Waals surface area (Å²) in [6, 6.07) is 5.21. The molecule has 0 unspecified atom stereocenters. The Balaban J connectivity index is 1.51. The molecule has 3 rings (SSSR count). The first-order valence-corrected chi connectivity index (χ1v) is 9.57. The third kappa shape index (κ3) is 5.28. The van der Waals surface area contributed by atoms with Crippen molar-refractivity contribution in [3.63, 3.8) is 0 Å². The third-order valence-corrected chi connectivity index (χ3v) is 4.95. The standard InChI is InChI=1S/C17H15BrFN7O5/c1-9-13(18)14(26(29)30)23-25(9)8-12-22-17(31-24-12)16(28)21-6-5-20-15(27)10-3-2-4-11(19)7-10/h2-4,7H,5-6,8H2,1H3,(H,20,27)(H,21,28). The molecule has 0 spiro atoms. The lowest BCUT2D eigenvalue weighted by atomic mass is 10.2. The van der Waals surface area contributed by atoms with Crippen molar-refractivity contribution < 1.29 is 23.4 Å². The van der Waals surface area contributed by atoms with Crippen molar-refractivity contribution >= 4 is 33.6 Å². The van der Waals surface area contributed by atoms with E-state index in [2.05, 4.69) is 41.8 Å². The Morgan fingerprint density at radius 1 is 1.29 bits per heavy atom. The molecule has 2 heterocycles. The first-order valence-electron chi connectivity index (χ1n) is 8.78. The highest BCUT2D eigenvalue weighted by molar-refractivity contribution is 9.10. The van der Waals surface area contributed by atoms with Crippen LogP contribution in [0.4, 0.5) is 10.2 Å². The van der Waals surface area contributed by atoms with Gasteiger partial charge in [0.25, 0.3) is 5.91 Å². The number of nitrogens with one attached hydrogen (secondary N) is 2. The Morgan fingerprint density at radius 3 is 2.65 bits per heavy atom. The molecule has 2 aromatic heterocycles. The number of hydrogen-bond acceptors (Lipinski definition) is 8. The van der Waals surface area contributed by atoms with Crippen LogP contribution in [0.3, 0.4) is 0 Å². The first-order chi connectivity index (χ1) is 14.8. The topological polar surface area (TPSA) is 158 Å². The third-order valence-electron chi connectivity index (χ3n) is 4.03. The van der Waals surface area contributed by atoms with Crippen LogP contribution in [0, 0.1) is 22.9 Å². The molecule has 14 heteroatoms. The molecule has 12 nitrogen and oxygen atoms in total. The van der Waals surface area contributed by atoms with Crippen molar-refractivity contribution in [1.29, 1.82) is 0 Å². The number of nitro groups is 1. The second kappa shape index (κ2) is 9.42. The van der Waals surface area contributed by atoms with Crippen molar-refractivity contribution in [2.24, 2.45) is 0 Å². The van der Waals surface area contributed by atoms with Gasteiger partial charge in [0.15, 0.2) is 5.82 Å². The maximum Gasteiger partial charge on any atom is 0.404 e. The lowest BCUT2D eigenvalue weighted by molar-refractivity contribution is -0.390. The number of aromatic nitrogens is 4. The number of carbonyl (C=O) groups excluding carboxylic acids is 2. The molecule has 3 aromatic rings. The second-order valence-electron chi connectivity index (χ2n) is 6.18. The number of carbonyl (C=O) groups is 2. The molecule has 0 aliphatic heterocycles. The van der Waals surface area contributed by atoms with Crippen LogP contribution in [0.1, 0.15) is 32.6 Å². The summed E-state index contributed by atoms with van der Waals surface area (Å²) >= 11 is 3.11. The number of halogens is 2. The minimum Gasteiger partial charge on any atom is -0.358 e. The van der Waals surface area contributed by atoms with Crippen molar-refractivity contribution in [2.45, 2.75) is 13.5 Å². The van der Waals surface area contributed by atoms with Gasteiger partial charge in [-0.2, -0.15) is 9.67 Å². The molecule has 2 amide bonds. The van der Waals surface area contributed by atoms with Crippen LogP contribution in [0.15, 0.2) is 33.3 Å². The van der Waals surface area contributed by atoms with E-state index in [1.165, 1.54) is 22.9 Å². The van der Waals surface area contributed by atoms with Gasteiger partial charge in [-0.1, -0.05) is 11.2 Å². The molecule has 31 heavy (non-hydrogen) atoms. The Bertz CT molecular complexity index is 1150. The lowest BCUT2D eigenvalue weighted by Gasteiger charge is -2.05. The molecule has 0 radical (unpaired) electrons. The van der Waals surface area contributed by atoms with Crippen LogP contribution in [0.2, 0.25) is 0 Å². The van der Waals surface area contributed by atoms with E-state index in [1.54, 1.807) is 6.92 Å². The van der Waals surface area contributed by atoms with Gasteiger partial charge in [-0.3, -0.25) is 9.59 Å². The van der Waals surface area contributed by atoms with Gasteiger partial charge < -0.3 is 25.3 Å². The number of rotatable bonds is 8. The van der Waals surface area contributed by atoms with E-state index < -0.39 is 22.6 Å². The smallest absolute Gasteiger partial charge is 0.358 e. The highest BCUT2D eigenvalue weighted by Crippen LogP contribution is 2.27. The Morgan fingerprint density at radius 2 is 2.00 bits per heavy atom. The van der Waals surface area contributed by atoms with E-state index in [4.69, 9.17) is 4.52 Å². The zero-order chi connectivity index (χ0) is 22.5. The van der Waals surface area contributed by atoms with Gasteiger partial charge in [0.1, 0.15) is 16.8 Å². The largest absolute Gasteiger partial charge is 0.404 e. The summed E-state index contributed by atoms with van der Waals surface area (Å²) in [6.45, 7) is 1.73. The zero-order valence-electron chi connectivity index (χ0n) is 16.0. The minimum atomic E-state index is -0.664. The van der Waals surface area contributed by atoms with Crippen LogP contribution in [-0.2, 0) is 6.54 Å². The summed E-state index contributed by atoms with van der Waals surface area (Å²) in [6.07, 6.45) is 0. The summed E-state index contributed by atoms with van der Waals surface area (Å²) in [4.78, 5) is 38.3. The van der Waals surface area contributed by atoms with Crippen LogP contribution < -0.4 is 10.6 Å². The van der Waals surface area contributed by atoms with Crippen molar-refractivity contribution in [1.82, 2.24) is 30.6 Å². The fraction of sp³-hybridized carbons (Fsp3) is 0.235. The van der Waals surface area contributed by atoms with E-state index in [0.717, 1.165) is 6.07 Å². The van der Waals surface area contributed by atoms with Gasteiger partial charge in [-0.25, -0.2) is 4.39 Å². The molecule has 162 valence electrons. The van der Waals surface area contributed by atoms with Gasteiger partial charge in [0.05, 0.1) is 10.8 Å². The molecule has 1 aromatic carbocycles. The van der Waals surface area contributed by atoms with Crippen LogP contribution in [0.5, 0.6) is 0 Å². The zero-order valence-corrected chi connectivity index (χ0v) is 17.5. The van der Waals surface area contributed by atoms with Gasteiger partial charge in [0.2, 0.25) is 0 Å². The number of amides is 2. The predicted octanol–water partition coefficient (Wildman–Crippen LogP) is 1.59. The second-order valence-corrected chi connectivity index (χ2v) is 6.97. The monoisotopic (exact) mass is 495 g/mol. The number of nitrogens with zero attached hydrogens (tertiary/aromatic N) is 5. The van der Waals surface area contributed by atoms with Gasteiger partial charge in [-0.15, -0.1) is 0 Å². The molecule has 0 aliphatic carbocycles.